The van der Waals surface area contributed by atoms with Gasteiger partial charge in [0, 0.05) is 18.3 Å². The lowest BCUT2D eigenvalue weighted by Gasteiger charge is -2.12. The number of anilines is 3. The van der Waals surface area contributed by atoms with Gasteiger partial charge in [-0.15, -0.1) is 0 Å². The predicted molar refractivity (Wildman–Crippen MR) is 97.8 cm³/mol. The second-order valence-electron chi connectivity index (χ2n) is 5.24. The third kappa shape index (κ3) is 5.19. The fraction of sp³-hybridized carbons (Fsp3) is 0.125. The molecule has 3 amide bonds. The lowest BCUT2D eigenvalue weighted by atomic mass is 10.2. The number of rotatable bonds is 5. The fourth-order valence-electron chi connectivity index (χ4n) is 2.09. The van der Waals surface area contributed by atoms with Crippen molar-refractivity contribution in [2.75, 3.05) is 23.1 Å². The molecule has 0 heterocycles. The van der Waals surface area contributed by atoms with Gasteiger partial charge in [-0.05, 0) is 42.5 Å². The Kier molecular flexibility index (Phi) is 5.80. The van der Waals surface area contributed by atoms with Gasteiger partial charge in [0.2, 0.25) is 15.9 Å². The van der Waals surface area contributed by atoms with Crippen molar-refractivity contribution in [3.05, 3.63) is 42.5 Å². The first-order chi connectivity index (χ1) is 12.2. The number of carbonyl (C=O) groups excluding carboxylic acids is 2. The molecule has 5 N–H and O–H groups in total. The Morgan fingerprint density at radius 3 is 2.08 bits per heavy atom. The number of hydrogen-bond donors (Lipinski definition) is 4. The Balaban J connectivity index is 2.09. The Labute approximate surface area is 150 Å². The van der Waals surface area contributed by atoms with Crippen LogP contribution in [0.3, 0.4) is 0 Å². The van der Waals surface area contributed by atoms with Crippen molar-refractivity contribution in [2.45, 2.75) is 11.8 Å². The van der Waals surface area contributed by atoms with E-state index in [1.165, 1.54) is 38.3 Å². The van der Waals surface area contributed by atoms with Crippen LogP contribution in [0.25, 0.3) is 0 Å². The van der Waals surface area contributed by atoms with Crippen LogP contribution in [0.15, 0.2) is 47.4 Å². The van der Waals surface area contributed by atoms with E-state index < -0.39 is 16.1 Å². The number of ether oxygens (including phenoxy) is 1. The number of hydrogen-bond acceptors (Lipinski definition) is 5. The summed E-state index contributed by atoms with van der Waals surface area (Å²) in [5.74, 6) is 0.171. The van der Waals surface area contributed by atoms with Gasteiger partial charge < -0.3 is 20.7 Å². The quantitative estimate of drug-likeness (QED) is 0.629. The van der Waals surface area contributed by atoms with Crippen LogP contribution in [0.5, 0.6) is 5.75 Å². The zero-order valence-electron chi connectivity index (χ0n) is 14.1. The van der Waals surface area contributed by atoms with E-state index in [9.17, 15) is 18.0 Å². The molecule has 0 bridgehead atoms. The van der Waals surface area contributed by atoms with E-state index in [2.05, 4.69) is 16.0 Å². The average Bonchev–Trinajstić information content (AvgIpc) is 2.54. The zero-order valence-corrected chi connectivity index (χ0v) is 14.9. The molecule has 138 valence electrons. The SMILES string of the molecule is COc1ccc(NC(=O)Nc2ccc(S(N)(=O)=O)cc2)cc1NC(C)=O. The summed E-state index contributed by atoms with van der Waals surface area (Å²) in [5, 5.41) is 12.8. The molecule has 0 aromatic heterocycles. The van der Waals surface area contributed by atoms with Crippen molar-refractivity contribution in [1.29, 1.82) is 0 Å². The maximum Gasteiger partial charge on any atom is 0.323 e. The van der Waals surface area contributed by atoms with Gasteiger partial charge in [-0.2, -0.15) is 0 Å². The van der Waals surface area contributed by atoms with E-state index in [1.54, 1.807) is 18.2 Å². The molecule has 0 aliphatic carbocycles. The highest BCUT2D eigenvalue weighted by Crippen LogP contribution is 2.28. The van der Waals surface area contributed by atoms with E-state index in [0.717, 1.165) is 0 Å². The highest BCUT2D eigenvalue weighted by Gasteiger charge is 2.10. The molecule has 0 spiro atoms. The van der Waals surface area contributed by atoms with Crippen molar-refractivity contribution in [1.82, 2.24) is 0 Å². The van der Waals surface area contributed by atoms with E-state index in [-0.39, 0.29) is 10.8 Å². The van der Waals surface area contributed by atoms with Gasteiger partial charge in [0.1, 0.15) is 5.75 Å². The van der Waals surface area contributed by atoms with Gasteiger partial charge >= 0.3 is 6.03 Å². The molecule has 0 fully saturated rings. The first-order valence-electron chi connectivity index (χ1n) is 7.35. The highest BCUT2D eigenvalue weighted by molar-refractivity contribution is 7.89. The number of benzene rings is 2. The van der Waals surface area contributed by atoms with Crippen LogP contribution in [0.1, 0.15) is 6.92 Å². The molecule has 0 aliphatic heterocycles. The molecule has 0 radical (unpaired) electrons. The topological polar surface area (TPSA) is 140 Å². The zero-order chi connectivity index (χ0) is 19.3. The van der Waals surface area contributed by atoms with Gasteiger partial charge in [-0.3, -0.25) is 4.79 Å². The van der Waals surface area contributed by atoms with Crippen LogP contribution >= 0.6 is 0 Å². The second kappa shape index (κ2) is 7.85. The molecule has 2 aromatic rings. The lowest BCUT2D eigenvalue weighted by Crippen LogP contribution is -2.20. The summed E-state index contributed by atoms with van der Waals surface area (Å²) in [5.41, 5.74) is 1.22. The maximum atomic E-state index is 12.1. The summed E-state index contributed by atoms with van der Waals surface area (Å²) in [7, 11) is -2.33. The summed E-state index contributed by atoms with van der Waals surface area (Å²) in [4.78, 5) is 23.2. The third-order valence-electron chi connectivity index (χ3n) is 3.21. The minimum absolute atomic E-state index is 0.0569. The molecule has 0 unspecified atom stereocenters. The fourth-order valence-corrected chi connectivity index (χ4v) is 2.61. The Bertz CT molecular complexity index is 926. The molecule has 0 saturated heterocycles. The molecular formula is C16H18N4O5S. The molecule has 0 aliphatic rings. The second-order valence-corrected chi connectivity index (χ2v) is 6.81. The summed E-state index contributed by atoms with van der Waals surface area (Å²) in [6.45, 7) is 1.36. The number of nitrogens with one attached hydrogen (secondary N) is 3. The smallest absolute Gasteiger partial charge is 0.323 e. The minimum atomic E-state index is -3.79. The number of carbonyl (C=O) groups is 2. The van der Waals surface area contributed by atoms with Crippen molar-refractivity contribution < 1.29 is 22.7 Å². The minimum Gasteiger partial charge on any atom is -0.495 e. The molecule has 26 heavy (non-hydrogen) atoms. The van der Waals surface area contributed by atoms with Gasteiger partial charge in [-0.25, -0.2) is 18.4 Å². The number of nitrogens with two attached hydrogens (primary N) is 1. The molecule has 0 atom stereocenters. The van der Waals surface area contributed by atoms with Gasteiger partial charge in [0.25, 0.3) is 0 Å². The monoisotopic (exact) mass is 378 g/mol. The van der Waals surface area contributed by atoms with Crippen LogP contribution in [-0.4, -0.2) is 27.5 Å². The standard InChI is InChI=1S/C16H18N4O5S/c1-10(21)18-14-9-12(5-8-15(14)25-2)20-16(22)19-11-3-6-13(7-4-11)26(17,23)24/h3-9H,1-2H3,(H,18,21)(H2,17,23,24)(H2,19,20,22). The Morgan fingerprint density at radius 2 is 1.54 bits per heavy atom. The van der Waals surface area contributed by atoms with E-state index in [4.69, 9.17) is 9.88 Å². The van der Waals surface area contributed by atoms with Crippen molar-refractivity contribution in [3.63, 3.8) is 0 Å². The molecule has 2 aromatic carbocycles. The first kappa shape index (κ1) is 19.2. The summed E-state index contributed by atoms with van der Waals surface area (Å²) in [6.07, 6.45) is 0. The Morgan fingerprint density at radius 1 is 0.962 bits per heavy atom. The normalized spacial score (nSPS) is 10.7. The van der Waals surface area contributed by atoms with E-state index >= 15 is 0 Å². The summed E-state index contributed by atoms with van der Waals surface area (Å²) < 4.78 is 27.6. The third-order valence-corrected chi connectivity index (χ3v) is 4.14. The highest BCUT2D eigenvalue weighted by atomic mass is 32.2. The number of methoxy groups -OCH3 is 1. The predicted octanol–water partition coefficient (Wildman–Crippen LogP) is 1.94. The number of urea groups is 1. The first-order valence-corrected chi connectivity index (χ1v) is 8.90. The number of amides is 3. The van der Waals surface area contributed by atoms with Crippen LogP contribution < -0.4 is 25.8 Å². The van der Waals surface area contributed by atoms with E-state index in [0.29, 0.717) is 22.8 Å². The van der Waals surface area contributed by atoms with Crippen molar-refractivity contribution >= 4 is 39.0 Å². The summed E-state index contributed by atoms with van der Waals surface area (Å²) >= 11 is 0. The van der Waals surface area contributed by atoms with Crippen LogP contribution in [0.4, 0.5) is 21.9 Å². The van der Waals surface area contributed by atoms with Crippen LogP contribution in [-0.2, 0) is 14.8 Å². The maximum absolute atomic E-state index is 12.1. The molecule has 10 heteroatoms. The average molecular weight is 378 g/mol. The molecular weight excluding hydrogens is 360 g/mol. The summed E-state index contributed by atoms with van der Waals surface area (Å²) in [6, 6.07) is 9.60. The molecule has 9 nitrogen and oxygen atoms in total. The van der Waals surface area contributed by atoms with Gasteiger partial charge in [0.05, 0.1) is 17.7 Å². The Hall–Kier alpha value is -3.11. The van der Waals surface area contributed by atoms with Crippen molar-refractivity contribution in [3.8, 4) is 5.75 Å². The van der Waals surface area contributed by atoms with E-state index in [1.807, 2.05) is 0 Å². The van der Waals surface area contributed by atoms with Gasteiger partial charge in [0.15, 0.2) is 0 Å². The largest absolute Gasteiger partial charge is 0.495 e. The van der Waals surface area contributed by atoms with Crippen LogP contribution in [0, 0.1) is 0 Å². The van der Waals surface area contributed by atoms with Crippen LogP contribution in [0.2, 0.25) is 0 Å². The molecule has 0 saturated carbocycles. The van der Waals surface area contributed by atoms with Gasteiger partial charge in [-0.1, -0.05) is 0 Å². The number of sulfonamides is 1. The number of primary sulfonamides is 1. The lowest BCUT2D eigenvalue weighted by molar-refractivity contribution is -0.114. The molecule has 2 rings (SSSR count). The van der Waals surface area contributed by atoms with Crippen molar-refractivity contribution in [2.24, 2.45) is 5.14 Å².